The zero-order valence-electron chi connectivity index (χ0n) is 16.6. The average Bonchev–Trinajstić information content (AvgIpc) is 2.99. The summed E-state index contributed by atoms with van der Waals surface area (Å²) < 4.78 is 5.41. The molecule has 5 heteroatoms. The second-order valence-corrected chi connectivity index (χ2v) is 7.32. The van der Waals surface area contributed by atoms with E-state index in [4.69, 9.17) is 4.74 Å². The van der Waals surface area contributed by atoms with Crippen molar-refractivity contribution in [3.05, 3.63) is 64.7 Å². The van der Waals surface area contributed by atoms with E-state index in [-0.39, 0.29) is 5.91 Å². The maximum Gasteiger partial charge on any atom is 0.280 e. The Morgan fingerprint density at radius 1 is 0.929 bits per heavy atom. The van der Waals surface area contributed by atoms with Crippen molar-refractivity contribution in [2.24, 2.45) is 5.10 Å². The van der Waals surface area contributed by atoms with Gasteiger partial charge in [-0.15, -0.1) is 0 Å². The standard InChI is InChI=1S/C23H25N3O2/c1-16-4-7-21(14-17(16)2)26-23(27)22(18(3)24-26)15-19-5-8-20(9-6-19)25-10-12-28-13-11-25/h4-9,14-15H,10-13H2,1-3H3/b22-15+. The third-order valence-corrected chi connectivity index (χ3v) is 5.38. The summed E-state index contributed by atoms with van der Waals surface area (Å²) in [5.41, 5.74) is 6.71. The minimum atomic E-state index is -0.0852. The quantitative estimate of drug-likeness (QED) is 0.763. The van der Waals surface area contributed by atoms with Gasteiger partial charge in [-0.25, -0.2) is 0 Å². The van der Waals surface area contributed by atoms with Crippen molar-refractivity contribution in [2.75, 3.05) is 36.2 Å². The lowest BCUT2D eigenvalue weighted by Crippen LogP contribution is -2.36. The largest absolute Gasteiger partial charge is 0.378 e. The van der Waals surface area contributed by atoms with Gasteiger partial charge in [-0.3, -0.25) is 4.79 Å². The van der Waals surface area contributed by atoms with Gasteiger partial charge in [0.25, 0.3) is 5.91 Å². The fraction of sp³-hybridized carbons (Fsp3) is 0.304. The highest BCUT2D eigenvalue weighted by atomic mass is 16.5. The molecule has 4 rings (SSSR count). The van der Waals surface area contributed by atoms with Crippen LogP contribution in [0, 0.1) is 13.8 Å². The van der Waals surface area contributed by atoms with Crippen LogP contribution in [0.4, 0.5) is 11.4 Å². The van der Waals surface area contributed by atoms with Crippen LogP contribution in [-0.2, 0) is 9.53 Å². The third kappa shape index (κ3) is 3.58. The second kappa shape index (κ2) is 7.60. The number of carbonyl (C=O) groups is 1. The van der Waals surface area contributed by atoms with Crippen molar-refractivity contribution in [2.45, 2.75) is 20.8 Å². The van der Waals surface area contributed by atoms with Gasteiger partial charge in [0.15, 0.2) is 0 Å². The van der Waals surface area contributed by atoms with E-state index in [0.29, 0.717) is 5.57 Å². The van der Waals surface area contributed by atoms with Crippen LogP contribution in [0.3, 0.4) is 0 Å². The van der Waals surface area contributed by atoms with Gasteiger partial charge in [0.2, 0.25) is 0 Å². The molecule has 1 amide bonds. The number of hydrogen-bond acceptors (Lipinski definition) is 4. The summed E-state index contributed by atoms with van der Waals surface area (Å²) in [5.74, 6) is -0.0852. The molecule has 0 aliphatic carbocycles. The third-order valence-electron chi connectivity index (χ3n) is 5.38. The molecule has 0 atom stereocenters. The first-order chi connectivity index (χ1) is 13.5. The minimum Gasteiger partial charge on any atom is -0.378 e. The average molecular weight is 375 g/mol. The van der Waals surface area contributed by atoms with E-state index in [1.165, 1.54) is 16.3 Å². The van der Waals surface area contributed by atoms with E-state index in [9.17, 15) is 4.79 Å². The highest BCUT2D eigenvalue weighted by Gasteiger charge is 2.28. The lowest BCUT2D eigenvalue weighted by atomic mass is 10.1. The number of amides is 1. The number of anilines is 2. The molecule has 0 unspecified atom stereocenters. The topological polar surface area (TPSA) is 45.1 Å². The number of benzene rings is 2. The fourth-order valence-corrected chi connectivity index (χ4v) is 3.49. The lowest BCUT2D eigenvalue weighted by molar-refractivity contribution is -0.114. The summed E-state index contributed by atoms with van der Waals surface area (Å²) in [6.07, 6.45) is 1.92. The van der Waals surface area contributed by atoms with Gasteiger partial charge >= 0.3 is 0 Å². The Labute approximate surface area is 165 Å². The highest BCUT2D eigenvalue weighted by Crippen LogP contribution is 2.27. The molecular formula is C23H25N3O2. The maximum atomic E-state index is 13.0. The molecule has 1 saturated heterocycles. The van der Waals surface area contributed by atoms with Gasteiger partial charge in [0, 0.05) is 18.8 Å². The maximum absolute atomic E-state index is 13.0. The molecule has 0 spiro atoms. The first-order valence-corrected chi connectivity index (χ1v) is 9.65. The van der Waals surface area contributed by atoms with E-state index in [0.717, 1.165) is 48.8 Å². The van der Waals surface area contributed by atoms with Crippen molar-refractivity contribution < 1.29 is 9.53 Å². The van der Waals surface area contributed by atoms with E-state index in [2.05, 4.69) is 41.2 Å². The molecule has 0 saturated carbocycles. The van der Waals surface area contributed by atoms with E-state index in [1.54, 1.807) is 0 Å². The number of carbonyl (C=O) groups excluding carboxylic acids is 1. The molecule has 2 aliphatic rings. The molecule has 1 fully saturated rings. The molecule has 0 bridgehead atoms. The number of hydrazone groups is 1. The first-order valence-electron chi connectivity index (χ1n) is 9.65. The van der Waals surface area contributed by atoms with Crippen LogP contribution in [0.1, 0.15) is 23.6 Å². The van der Waals surface area contributed by atoms with Gasteiger partial charge in [-0.1, -0.05) is 18.2 Å². The van der Waals surface area contributed by atoms with Gasteiger partial charge in [0.05, 0.1) is 30.2 Å². The summed E-state index contributed by atoms with van der Waals surface area (Å²) >= 11 is 0. The smallest absolute Gasteiger partial charge is 0.280 e. The predicted octanol–water partition coefficient (Wildman–Crippen LogP) is 3.95. The molecule has 0 N–H and O–H groups in total. The molecule has 0 radical (unpaired) electrons. The molecule has 2 heterocycles. The zero-order valence-corrected chi connectivity index (χ0v) is 16.6. The Morgan fingerprint density at radius 2 is 1.61 bits per heavy atom. The van der Waals surface area contributed by atoms with Crippen molar-refractivity contribution in [3.8, 4) is 0 Å². The summed E-state index contributed by atoms with van der Waals surface area (Å²) in [7, 11) is 0. The van der Waals surface area contributed by atoms with Crippen LogP contribution < -0.4 is 9.91 Å². The monoisotopic (exact) mass is 375 g/mol. The second-order valence-electron chi connectivity index (χ2n) is 7.32. The molecule has 2 aromatic rings. The van der Waals surface area contributed by atoms with Crippen LogP contribution in [0.5, 0.6) is 0 Å². The predicted molar refractivity (Wildman–Crippen MR) is 114 cm³/mol. The number of nitrogens with zero attached hydrogens (tertiary/aromatic N) is 3. The van der Waals surface area contributed by atoms with Crippen molar-refractivity contribution in [1.29, 1.82) is 0 Å². The van der Waals surface area contributed by atoms with Crippen LogP contribution in [-0.4, -0.2) is 37.9 Å². The van der Waals surface area contributed by atoms with Crippen LogP contribution in [0.15, 0.2) is 53.1 Å². The Balaban J connectivity index is 1.55. The van der Waals surface area contributed by atoms with E-state index in [1.807, 2.05) is 38.1 Å². The highest BCUT2D eigenvalue weighted by molar-refractivity contribution is 6.32. The van der Waals surface area contributed by atoms with E-state index >= 15 is 0 Å². The molecule has 5 nitrogen and oxygen atoms in total. The van der Waals surface area contributed by atoms with E-state index < -0.39 is 0 Å². The minimum absolute atomic E-state index is 0.0852. The summed E-state index contributed by atoms with van der Waals surface area (Å²) in [6.45, 7) is 9.35. The number of rotatable bonds is 3. The number of ether oxygens (including phenoxy) is 1. The molecule has 2 aliphatic heterocycles. The van der Waals surface area contributed by atoms with Crippen LogP contribution >= 0.6 is 0 Å². The Bertz CT molecular complexity index is 954. The van der Waals surface area contributed by atoms with Crippen molar-refractivity contribution in [1.82, 2.24) is 0 Å². The Morgan fingerprint density at radius 3 is 2.29 bits per heavy atom. The van der Waals surface area contributed by atoms with Gasteiger partial charge < -0.3 is 9.64 Å². The van der Waals surface area contributed by atoms with Crippen molar-refractivity contribution >= 4 is 29.1 Å². The Kier molecular flexibility index (Phi) is 5.01. The van der Waals surface area contributed by atoms with Gasteiger partial charge in [0.1, 0.15) is 0 Å². The molecule has 2 aromatic carbocycles. The summed E-state index contributed by atoms with van der Waals surface area (Å²) in [6, 6.07) is 14.3. The van der Waals surface area contributed by atoms with Crippen LogP contribution in [0.25, 0.3) is 6.08 Å². The van der Waals surface area contributed by atoms with Crippen LogP contribution in [0.2, 0.25) is 0 Å². The molecular weight excluding hydrogens is 350 g/mol. The molecule has 0 aromatic heterocycles. The number of aryl methyl sites for hydroxylation is 2. The summed E-state index contributed by atoms with van der Waals surface area (Å²) in [4.78, 5) is 15.3. The zero-order chi connectivity index (χ0) is 19.7. The normalized spacial score (nSPS) is 18.8. The number of hydrogen-bond donors (Lipinski definition) is 0. The number of morpholine rings is 1. The fourth-order valence-electron chi connectivity index (χ4n) is 3.49. The SMILES string of the molecule is CC1=NN(c2ccc(C)c(C)c2)C(=O)/C1=C/c1ccc(N2CCOCC2)cc1. The molecule has 144 valence electrons. The van der Waals surface area contributed by atoms with Gasteiger partial charge in [-0.05, 0) is 67.8 Å². The lowest BCUT2D eigenvalue weighted by Gasteiger charge is -2.28. The van der Waals surface area contributed by atoms with Crippen molar-refractivity contribution in [3.63, 3.8) is 0 Å². The Hall–Kier alpha value is -2.92. The summed E-state index contributed by atoms with van der Waals surface area (Å²) in [5, 5.41) is 5.98. The molecule has 28 heavy (non-hydrogen) atoms. The first kappa shape index (κ1) is 18.4. The van der Waals surface area contributed by atoms with Gasteiger partial charge in [-0.2, -0.15) is 10.1 Å².